The molecule has 22 heavy (non-hydrogen) atoms. The SMILES string of the molecule is C[C@H](Cn1cc(Br)cn1)N[C@H]1CCCO[C@@H]1c1nccn1C. The third-order valence-corrected chi connectivity index (χ3v) is 4.41. The number of rotatable bonds is 5. The summed E-state index contributed by atoms with van der Waals surface area (Å²) < 4.78 is 11.0. The highest BCUT2D eigenvalue weighted by Gasteiger charge is 2.31. The van der Waals surface area contributed by atoms with E-state index in [1.54, 1.807) is 0 Å². The lowest BCUT2D eigenvalue weighted by atomic mass is 10.0. The van der Waals surface area contributed by atoms with E-state index in [4.69, 9.17) is 4.74 Å². The molecule has 0 bridgehead atoms. The summed E-state index contributed by atoms with van der Waals surface area (Å²) in [5.74, 6) is 0.992. The van der Waals surface area contributed by atoms with E-state index in [-0.39, 0.29) is 12.1 Å². The molecule has 0 aromatic carbocycles. The van der Waals surface area contributed by atoms with Crippen molar-refractivity contribution in [2.45, 2.75) is 44.5 Å². The van der Waals surface area contributed by atoms with Crippen molar-refractivity contribution in [1.29, 1.82) is 0 Å². The van der Waals surface area contributed by atoms with Gasteiger partial charge in [-0.3, -0.25) is 4.68 Å². The molecule has 1 N–H and O–H groups in total. The Balaban J connectivity index is 1.65. The van der Waals surface area contributed by atoms with Gasteiger partial charge in [0.15, 0.2) is 0 Å². The highest BCUT2D eigenvalue weighted by molar-refractivity contribution is 9.10. The van der Waals surface area contributed by atoms with E-state index >= 15 is 0 Å². The zero-order valence-electron chi connectivity index (χ0n) is 12.9. The van der Waals surface area contributed by atoms with E-state index < -0.39 is 0 Å². The second kappa shape index (κ2) is 6.93. The van der Waals surface area contributed by atoms with E-state index in [0.29, 0.717) is 6.04 Å². The molecule has 0 saturated carbocycles. The van der Waals surface area contributed by atoms with E-state index in [0.717, 1.165) is 36.3 Å². The van der Waals surface area contributed by atoms with Crippen LogP contribution in [-0.2, 0) is 18.3 Å². The average Bonchev–Trinajstić information content (AvgIpc) is 3.08. The van der Waals surface area contributed by atoms with Gasteiger partial charge in [0.05, 0.1) is 17.2 Å². The van der Waals surface area contributed by atoms with E-state index in [1.165, 1.54) is 0 Å². The largest absolute Gasteiger partial charge is 0.369 e. The molecule has 1 aliphatic rings. The van der Waals surface area contributed by atoms with Crippen molar-refractivity contribution in [1.82, 2.24) is 24.6 Å². The maximum absolute atomic E-state index is 6.00. The predicted molar refractivity (Wildman–Crippen MR) is 87.4 cm³/mol. The molecule has 3 heterocycles. The van der Waals surface area contributed by atoms with Gasteiger partial charge >= 0.3 is 0 Å². The molecule has 1 aliphatic heterocycles. The average molecular weight is 368 g/mol. The predicted octanol–water partition coefficient (Wildman–Crippen LogP) is 2.28. The van der Waals surface area contributed by atoms with Crippen molar-refractivity contribution >= 4 is 15.9 Å². The Kier molecular flexibility index (Phi) is 4.95. The van der Waals surface area contributed by atoms with E-state index in [2.05, 4.69) is 38.3 Å². The quantitative estimate of drug-likeness (QED) is 0.880. The van der Waals surface area contributed by atoms with Gasteiger partial charge in [-0.05, 0) is 35.7 Å². The highest BCUT2D eigenvalue weighted by atomic mass is 79.9. The van der Waals surface area contributed by atoms with Gasteiger partial charge in [-0.2, -0.15) is 5.10 Å². The van der Waals surface area contributed by atoms with Crippen LogP contribution in [0.15, 0.2) is 29.3 Å². The molecule has 1 fully saturated rings. The molecule has 0 spiro atoms. The number of nitrogens with zero attached hydrogens (tertiary/aromatic N) is 4. The fourth-order valence-corrected chi connectivity index (χ4v) is 3.32. The van der Waals surface area contributed by atoms with Crippen LogP contribution in [0.25, 0.3) is 0 Å². The summed E-state index contributed by atoms with van der Waals surface area (Å²) >= 11 is 3.43. The number of nitrogens with one attached hydrogen (secondary N) is 1. The van der Waals surface area contributed by atoms with Gasteiger partial charge in [0.1, 0.15) is 11.9 Å². The van der Waals surface area contributed by atoms with Crippen molar-refractivity contribution in [2.24, 2.45) is 7.05 Å². The molecule has 3 atom stereocenters. The summed E-state index contributed by atoms with van der Waals surface area (Å²) in [6.45, 7) is 3.81. The zero-order valence-corrected chi connectivity index (χ0v) is 14.5. The van der Waals surface area contributed by atoms with Crippen LogP contribution in [0.1, 0.15) is 31.7 Å². The van der Waals surface area contributed by atoms with Crippen LogP contribution in [0.4, 0.5) is 0 Å². The van der Waals surface area contributed by atoms with Crippen LogP contribution in [0.3, 0.4) is 0 Å². The number of imidazole rings is 1. The summed E-state index contributed by atoms with van der Waals surface area (Å²) in [7, 11) is 2.02. The molecule has 2 aromatic rings. The molecular weight excluding hydrogens is 346 g/mol. The minimum atomic E-state index is 0.0144. The van der Waals surface area contributed by atoms with Crippen molar-refractivity contribution in [3.8, 4) is 0 Å². The third-order valence-electron chi connectivity index (χ3n) is 4.00. The minimum absolute atomic E-state index is 0.0144. The molecule has 0 radical (unpaired) electrons. The van der Waals surface area contributed by atoms with E-state index in [9.17, 15) is 0 Å². The second-order valence-corrected chi connectivity index (χ2v) is 6.80. The normalized spacial score (nSPS) is 23.6. The third kappa shape index (κ3) is 3.59. The number of aryl methyl sites for hydroxylation is 1. The van der Waals surface area contributed by atoms with Crippen molar-refractivity contribution in [2.75, 3.05) is 6.61 Å². The van der Waals surface area contributed by atoms with Crippen LogP contribution < -0.4 is 5.32 Å². The van der Waals surface area contributed by atoms with Crippen LogP contribution in [0.2, 0.25) is 0 Å². The monoisotopic (exact) mass is 367 g/mol. The van der Waals surface area contributed by atoms with Gasteiger partial charge in [0.25, 0.3) is 0 Å². The van der Waals surface area contributed by atoms with Crippen LogP contribution in [-0.4, -0.2) is 38.0 Å². The molecule has 0 aliphatic carbocycles. The molecule has 7 heteroatoms. The molecule has 2 aromatic heterocycles. The fraction of sp³-hybridized carbons (Fsp3) is 0.600. The smallest absolute Gasteiger partial charge is 0.139 e. The Labute approximate surface area is 139 Å². The number of hydrogen-bond acceptors (Lipinski definition) is 4. The first-order chi connectivity index (χ1) is 10.6. The number of ether oxygens (including phenoxy) is 1. The molecule has 0 unspecified atom stereocenters. The first-order valence-electron chi connectivity index (χ1n) is 7.66. The topological polar surface area (TPSA) is 56.9 Å². The Bertz CT molecular complexity index is 611. The van der Waals surface area contributed by atoms with Gasteiger partial charge < -0.3 is 14.6 Å². The molecule has 0 amide bonds. The second-order valence-electron chi connectivity index (χ2n) is 5.88. The maximum Gasteiger partial charge on any atom is 0.139 e. The number of halogens is 1. The molecule has 6 nitrogen and oxygen atoms in total. The maximum atomic E-state index is 6.00. The summed E-state index contributed by atoms with van der Waals surface area (Å²) in [5, 5.41) is 8.00. The first kappa shape index (κ1) is 15.7. The lowest BCUT2D eigenvalue weighted by Crippen LogP contribution is -2.46. The number of aromatic nitrogens is 4. The Morgan fingerprint density at radius 3 is 3.09 bits per heavy atom. The number of hydrogen-bond donors (Lipinski definition) is 1. The molecule has 1 saturated heterocycles. The Morgan fingerprint density at radius 2 is 2.41 bits per heavy atom. The van der Waals surface area contributed by atoms with Gasteiger partial charge in [-0.1, -0.05) is 0 Å². The first-order valence-corrected chi connectivity index (χ1v) is 8.45. The summed E-state index contributed by atoms with van der Waals surface area (Å²) in [6.07, 6.45) is 9.80. The van der Waals surface area contributed by atoms with Crippen LogP contribution >= 0.6 is 15.9 Å². The van der Waals surface area contributed by atoms with Crippen LogP contribution in [0.5, 0.6) is 0 Å². The fourth-order valence-electron chi connectivity index (χ4n) is 2.99. The van der Waals surface area contributed by atoms with Gasteiger partial charge in [0.2, 0.25) is 0 Å². The lowest BCUT2D eigenvalue weighted by molar-refractivity contribution is -0.0204. The van der Waals surface area contributed by atoms with E-state index in [1.807, 2.05) is 41.1 Å². The highest BCUT2D eigenvalue weighted by Crippen LogP contribution is 2.27. The van der Waals surface area contributed by atoms with Gasteiger partial charge in [0, 0.05) is 44.3 Å². The van der Waals surface area contributed by atoms with Crippen molar-refractivity contribution in [3.05, 3.63) is 35.1 Å². The molecule has 120 valence electrons. The summed E-state index contributed by atoms with van der Waals surface area (Å²) in [5.41, 5.74) is 0. The van der Waals surface area contributed by atoms with Gasteiger partial charge in [-0.15, -0.1) is 0 Å². The standard InChI is InChI=1S/C15H22BrN5O/c1-11(9-21-10-12(16)8-18-21)19-13-4-3-7-22-14(13)15-17-5-6-20(15)2/h5-6,8,10-11,13-14,19H,3-4,7,9H2,1-2H3/t11-,13+,14+/m1/s1. The summed E-state index contributed by atoms with van der Waals surface area (Å²) in [4.78, 5) is 4.46. The molecule has 3 rings (SSSR count). The van der Waals surface area contributed by atoms with Gasteiger partial charge in [-0.25, -0.2) is 4.98 Å². The molecular formula is C15H22BrN5O. The summed E-state index contributed by atoms with van der Waals surface area (Å²) in [6, 6.07) is 0.588. The van der Waals surface area contributed by atoms with Crippen molar-refractivity contribution in [3.63, 3.8) is 0 Å². The zero-order chi connectivity index (χ0) is 15.5. The Morgan fingerprint density at radius 1 is 1.55 bits per heavy atom. The van der Waals surface area contributed by atoms with Crippen LogP contribution in [0, 0.1) is 0 Å². The minimum Gasteiger partial charge on any atom is -0.369 e. The van der Waals surface area contributed by atoms with Crippen molar-refractivity contribution < 1.29 is 4.74 Å². The Hall–Kier alpha value is -1.18. The lowest BCUT2D eigenvalue weighted by Gasteiger charge is -2.34.